The third-order valence-corrected chi connectivity index (χ3v) is 6.11. The van der Waals surface area contributed by atoms with Crippen LogP contribution in [0.15, 0.2) is 54.6 Å². The Labute approximate surface area is 183 Å². The molecule has 1 atom stereocenters. The van der Waals surface area contributed by atoms with Gasteiger partial charge in [-0.1, -0.05) is 30.3 Å². The zero-order valence-electron chi connectivity index (χ0n) is 17.7. The Morgan fingerprint density at radius 1 is 0.903 bits per heavy atom. The fourth-order valence-electron chi connectivity index (χ4n) is 4.27. The molecule has 7 nitrogen and oxygen atoms in total. The molecule has 0 unspecified atom stereocenters. The number of carbonyl (C=O) groups is 2. The third-order valence-electron chi connectivity index (χ3n) is 6.11. The van der Waals surface area contributed by atoms with Crippen LogP contribution in [0.5, 0.6) is 5.75 Å². The van der Waals surface area contributed by atoms with Gasteiger partial charge in [-0.2, -0.15) is 0 Å². The van der Waals surface area contributed by atoms with E-state index in [0.29, 0.717) is 18.8 Å². The minimum Gasteiger partial charge on any atom is -0.508 e. The van der Waals surface area contributed by atoms with Crippen LogP contribution < -0.4 is 5.32 Å². The van der Waals surface area contributed by atoms with Gasteiger partial charge in [0.25, 0.3) is 0 Å². The fraction of sp³-hybridized carbons (Fsp3) is 0.417. The van der Waals surface area contributed by atoms with Gasteiger partial charge in [-0.25, -0.2) is 0 Å². The molecule has 2 aromatic carbocycles. The lowest BCUT2D eigenvalue weighted by Crippen LogP contribution is -2.50. The van der Waals surface area contributed by atoms with Crippen LogP contribution in [0, 0.1) is 5.92 Å². The fourth-order valence-corrected chi connectivity index (χ4v) is 4.27. The molecule has 2 saturated heterocycles. The van der Waals surface area contributed by atoms with Gasteiger partial charge in [0.05, 0.1) is 12.5 Å². The second-order valence-corrected chi connectivity index (χ2v) is 8.40. The molecule has 0 aliphatic carbocycles. The van der Waals surface area contributed by atoms with E-state index < -0.39 is 0 Å². The summed E-state index contributed by atoms with van der Waals surface area (Å²) in [5.74, 6) is 0.169. The SMILES string of the molecule is O=C(Nc1ccc(O)cc1)[C@@H]1CCN(CC(=O)N2CCN(Cc3ccccc3)CC2)C1. The number of phenolic OH excluding ortho intramolecular Hbond substituents is 1. The summed E-state index contributed by atoms with van der Waals surface area (Å²) in [5, 5.41) is 12.2. The highest BCUT2D eigenvalue weighted by Crippen LogP contribution is 2.20. The maximum atomic E-state index is 12.8. The molecule has 2 fully saturated rings. The molecule has 2 aromatic rings. The first-order valence-electron chi connectivity index (χ1n) is 10.9. The van der Waals surface area contributed by atoms with Crippen LogP contribution >= 0.6 is 0 Å². The van der Waals surface area contributed by atoms with E-state index in [4.69, 9.17) is 0 Å². The van der Waals surface area contributed by atoms with Gasteiger partial charge >= 0.3 is 0 Å². The van der Waals surface area contributed by atoms with Crippen molar-refractivity contribution in [3.05, 3.63) is 60.2 Å². The number of phenols is 1. The summed E-state index contributed by atoms with van der Waals surface area (Å²) in [6.07, 6.45) is 0.752. The van der Waals surface area contributed by atoms with E-state index in [1.165, 1.54) is 5.56 Å². The summed E-state index contributed by atoms with van der Waals surface area (Å²) in [4.78, 5) is 31.7. The van der Waals surface area contributed by atoms with Crippen molar-refractivity contribution in [3.63, 3.8) is 0 Å². The molecule has 2 aliphatic heterocycles. The minimum absolute atomic E-state index is 0.0323. The summed E-state index contributed by atoms with van der Waals surface area (Å²) in [6.45, 7) is 5.94. The van der Waals surface area contributed by atoms with E-state index in [9.17, 15) is 14.7 Å². The van der Waals surface area contributed by atoms with Gasteiger partial charge in [0.1, 0.15) is 5.75 Å². The number of rotatable bonds is 6. The highest BCUT2D eigenvalue weighted by molar-refractivity contribution is 5.93. The smallest absolute Gasteiger partial charge is 0.236 e. The van der Waals surface area contributed by atoms with Crippen LogP contribution in [-0.2, 0) is 16.1 Å². The molecule has 4 rings (SSSR count). The average Bonchev–Trinajstić information content (AvgIpc) is 3.25. The quantitative estimate of drug-likeness (QED) is 0.697. The van der Waals surface area contributed by atoms with Crippen molar-refractivity contribution in [1.82, 2.24) is 14.7 Å². The highest BCUT2D eigenvalue weighted by Gasteiger charge is 2.31. The zero-order valence-corrected chi connectivity index (χ0v) is 17.7. The van der Waals surface area contributed by atoms with Gasteiger partial charge in [0, 0.05) is 45.0 Å². The summed E-state index contributed by atoms with van der Waals surface area (Å²) >= 11 is 0. The topological polar surface area (TPSA) is 76.1 Å². The van der Waals surface area contributed by atoms with Crippen molar-refractivity contribution in [2.45, 2.75) is 13.0 Å². The van der Waals surface area contributed by atoms with Crippen LogP contribution in [0.4, 0.5) is 5.69 Å². The molecule has 0 aromatic heterocycles. The second-order valence-electron chi connectivity index (χ2n) is 8.40. The number of likely N-dealkylation sites (tertiary alicyclic amines) is 1. The largest absolute Gasteiger partial charge is 0.508 e. The number of amides is 2. The Morgan fingerprint density at radius 3 is 2.32 bits per heavy atom. The second kappa shape index (κ2) is 9.94. The Balaban J connectivity index is 1.19. The van der Waals surface area contributed by atoms with Crippen molar-refractivity contribution in [1.29, 1.82) is 0 Å². The average molecular weight is 423 g/mol. The van der Waals surface area contributed by atoms with Gasteiger partial charge in [0.15, 0.2) is 0 Å². The van der Waals surface area contributed by atoms with Gasteiger partial charge in [-0.3, -0.25) is 19.4 Å². The zero-order chi connectivity index (χ0) is 21.6. The summed E-state index contributed by atoms with van der Waals surface area (Å²) in [7, 11) is 0. The van der Waals surface area contributed by atoms with E-state index >= 15 is 0 Å². The number of carbonyl (C=O) groups excluding carboxylic acids is 2. The van der Waals surface area contributed by atoms with Gasteiger partial charge < -0.3 is 15.3 Å². The molecule has 0 spiro atoms. The number of nitrogens with one attached hydrogen (secondary N) is 1. The predicted octanol–water partition coefficient (Wildman–Crippen LogP) is 2.00. The molecule has 2 amide bonds. The lowest BCUT2D eigenvalue weighted by Gasteiger charge is -2.35. The summed E-state index contributed by atoms with van der Waals surface area (Å²) < 4.78 is 0. The monoisotopic (exact) mass is 422 g/mol. The van der Waals surface area contributed by atoms with Crippen LogP contribution in [0.2, 0.25) is 0 Å². The third kappa shape index (κ3) is 5.83. The lowest BCUT2D eigenvalue weighted by atomic mass is 10.1. The number of hydrogen-bond donors (Lipinski definition) is 2. The van der Waals surface area contributed by atoms with E-state index in [-0.39, 0.29) is 23.5 Å². The molecule has 0 saturated carbocycles. The normalized spacial score (nSPS) is 20.0. The predicted molar refractivity (Wildman–Crippen MR) is 120 cm³/mol. The molecule has 7 heteroatoms. The molecule has 164 valence electrons. The maximum absolute atomic E-state index is 12.8. The van der Waals surface area contributed by atoms with Gasteiger partial charge in [-0.15, -0.1) is 0 Å². The summed E-state index contributed by atoms with van der Waals surface area (Å²) in [5.41, 5.74) is 1.97. The highest BCUT2D eigenvalue weighted by atomic mass is 16.3. The standard InChI is InChI=1S/C24H30N4O3/c29-22-8-6-21(7-9-22)25-24(31)20-10-11-27(17-20)18-23(30)28-14-12-26(13-15-28)16-19-4-2-1-3-5-19/h1-9,20,29H,10-18H2,(H,25,31)/t20-/m1/s1. The Bertz CT molecular complexity index is 879. The molecule has 2 N–H and O–H groups in total. The van der Waals surface area contributed by atoms with Crippen molar-refractivity contribution in [3.8, 4) is 5.75 Å². The molecule has 2 aliphatic rings. The minimum atomic E-state index is -0.121. The van der Waals surface area contributed by atoms with Crippen LogP contribution in [0.25, 0.3) is 0 Å². The van der Waals surface area contributed by atoms with Gasteiger partial charge in [-0.05, 0) is 42.8 Å². The number of benzene rings is 2. The Kier molecular flexibility index (Phi) is 6.84. The van der Waals surface area contributed by atoms with Gasteiger partial charge in [0.2, 0.25) is 11.8 Å². The number of anilines is 1. The first-order chi connectivity index (χ1) is 15.1. The summed E-state index contributed by atoms with van der Waals surface area (Å²) in [6, 6.07) is 16.9. The maximum Gasteiger partial charge on any atom is 0.236 e. The molecule has 0 bridgehead atoms. The first-order valence-corrected chi connectivity index (χ1v) is 10.9. The number of aromatic hydroxyl groups is 1. The van der Waals surface area contributed by atoms with Crippen molar-refractivity contribution < 1.29 is 14.7 Å². The number of piperazine rings is 1. The Morgan fingerprint density at radius 2 is 1.61 bits per heavy atom. The molecule has 2 heterocycles. The number of nitrogens with zero attached hydrogens (tertiary/aromatic N) is 3. The molecular weight excluding hydrogens is 392 g/mol. The van der Waals surface area contributed by atoms with E-state index in [1.807, 2.05) is 11.0 Å². The van der Waals surface area contributed by atoms with Crippen molar-refractivity contribution >= 4 is 17.5 Å². The lowest BCUT2D eigenvalue weighted by molar-refractivity contribution is -0.134. The van der Waals surface area contributed by atoms with E-state index in [2.05, 4.69) is 39.4 Å². The first kappa shape index (κ1) is 21.3. The van der Waals surface area contributed by atoms with Crippen molar-refractivity contribution in [2.24, 2.45) is 5.92 Å². The van der Waals surface area contributed by atoms with Crippen LogP contribution in [0.1, 0.15) is 12.0 Å². The van der Waals surface area contributed by atoms with Crippen LogP contribution in [-0.4, -0.2) is 77.4 Å². The molecule has 0 radical (unpaired) electrons. The molecular formula is C24H30N4O3. The van der Waals surface area contributed by atoms with E-state index in [0.717, 1.165) is 45.7 Å². The van der Waals surface area contributed by atoms with Crippen LogP contribution in [0.3, 0.4) is 0 Å². The number of hydrogen-bond acceptors (Lipinski definition) is 5. The molecule has 31 heavy (non-hydrogen) atoms. The Hall–Kier alpha value is -2.90. The van der Waals surface area contributed by atoms with Crippen molar-refractivity contribution in [2.75, 3.05) is 51.1 Å². The van der Waals surface area contributed by atoms with E-state index in [1.54, 1.807) is 24.3 Å².